The molecule has 1 aromatic heterocycles. The summed E-state index contributed by atoms with van der Waals surface area (Å²) in [6.45, 7) is 0.0585. The van der Waals surface area contributed by atoms with Crippen molar-refractivity contribution in [1.82, 2.24) is 9.78 Å². The van der Waals surface area contributed by atoms with E-state index in [-0.39, 0.29) is 18.1 Å². The summed E-state index contributed by atoms with van der Waals surface area (Å²) >= 11 is 0. The normalized spacial score (nSPS) is 10.2. The number of benzene rings is 1. The lowest BCUT2D eigenvalue weighted by molar-refractivity contribution is -0.116. The van der Waals surface area contributed by atoms with Crippen molar-refractivity contribution in [3.8, 4) is 0 Å². The zero-order valence-corrected chi connectivity index (χ0v) is 8.93. The maximum Gasteiger partial charge on any atom is 0.246 e. The van der Waals surface area contributed by atoms with Crippen LogP contribution in [-0.2, 0) is 11.3 Å². The second-order valence-corrected chi connectivity index (χ2v) is 3.48. The number of halogens is 1. The number of hydrogen-bond donors (Lipinski definition) is 2. The van der Waals surface area contributed by atoms with E-state index in [1.165, 1.54) is 22.9 Å². The fourth-order valence-electron chi connectivity index (χ4n) is 1.37. The number of hydrogen-bond acceptors (Lipinski definition) is 3. The third kappa shape index (κ3) is 2.81. The first-order valence-electron chi connectivity index (χ1n) is 4.97. The van der Waals surface area contributed by atoms with Gasteiger partial charge in [-0.15, -0.1) is 0 Å². The Hall–Kier alpha value is -2.37. The lowest BCUT2D eigenvalue weighted by Gasteiger charge is -2.08. The standard InChI is InChI=1S/C11H11FN4O/c12-8-2-3-9(13)10(6-8)15-11(17)7-16-5-1-4-14-16/h1-6H,7,13H2,(H,15,17). The highest BCUT2D eigenvalue weighted by atomic mass is 19.1. The molecule has 0 bridgehead atoms. The predicted molar refractivity (Wildman–Crippen MR) is 61.7 cm³/mol. The van der Waals surface area contributed by atoms with Gasteiger partial charge in [0.25, 0.3) is 0 Å². The number of carbonyl (C=O) groups excluding carboxylic acids is 1. The molecular formula is C11H11FN4O. The number of nitrogen functional groups attached to an aromatic ring is 1. The summed E-state index contributed by atoms with van der Waals surface area (Å²) in [6.07, 6.45) is 3.23. The van der Waals surface area contributed by atoms with Crippen LogP contribution in [0.15, 0.2) is 36.7 Å². The van der Waals surface area contributed by atoms with E-state index in [1.807, 2.05) is 0 Å². The van der Waals surface area contributed by atoms with Gasteiger partial charge in [0.1, 0.15) is 12.4 Å². The van der Waals surface area contributed by atoms with Crippen molar-refractivity contribution < 1.29 is 9.18 Å². The summed E-state index contributed by atoms with van der Waals surface area (Å²) in [5, 5.41) is 6.41. The molecule has 1 heterocycles. The Bertz CT molecular complexity index is 524. The van der Waals surface area contributed by atoms with Crippen LogP contribution in [0.25, 0.3) is 0 Å². The molecule has 2 aromatic rings. The van der Waals surface area contributed by atoms with Gasteiger partial charge < -0.3 is 11.1 Å². The van der Waals surface area contributed by atoms with E-state index in [1.54, 1.807) is 18.5 Å². The number of carbonyl (C=O) groups is 1. The molecule has 88 valence electrons. The number of anilines is 2. The van der Waals surface area contributed by atoms with Gasteiger partial charge in [-0.2, -0.15) is 5.10 Å². The van der Waals surface area contributed by atoms with Crippen molar-refractivity contribution in [2.24, 2.45) is 0 Å². The van der Waals surface area contributed by atoms with Crippen LogP contribution < -0.4 is 11.1 Å². The fourth-order valence-corrected chi connectivity index (χ4v) is 1.37. The smallest absolute Gasteiger partial charge is 0.246 e. The van der Waals surface area contributed by atoms with Crippen LogP contribution in [0.2, 0.25) is 0 Å². The Kier molecular flexibility index (Phi) is 3.04. The molecule has 1 aromatic carbocycles. The van der Waals surface area contributed by atoms with Crippen molar-refractivity contribution in [3.63, 3.8) is 0 Å². The minimum Gasteiger partial charge on any atom is -0.397 e. The maximum atomic E-state index is 13.0. The van der Waals surface area contributed by atoms with Crippen LogP contribution in [0.1, 0.15) is 0 Å². The molecular weight excluding hydrogens is 223 g/mol. The summed E-state index contributed by atoms with van der Waals surface area (Å²) in [7, 11) is 0. The molecule has 17 heavy (non-hydrogen) atoms. The molecule has 0 aliphatic carbocycles. The van der Waals surface area contributed by atoms with E-state index in [2.05, 4.69) is 10.4 Å². The molecule has 0 radical (unpaired) electrons. The molecule has 0 aliphatic rings. The van der Waals surface area contributed by atoms with E-state index < -0.39 is 5.82 Å². The molecule has 0 saturated carbocycles. The Morgan fingerprint density at radius 2 is 2.35 bits per heavy atom. The van der Waals surface area contributed by atoms with Crippen LogP contribution in [-0.4, -0.2) is 15.7 Å². The zero-order valence-electron chi connectivity index (χ0n) is 8.93. The molecule has 0 spiro atoms. The Morgan fingerprint density at radius 3 is 3.06 bits per heavy atom. The van der Waals surface area contributed by atoms with Crippen molar-refractivity contribution in [1.29, 1.82) is 0 Å². The molecule has 0 atom stereocenters. The summed E-state index contributed by atoms with van der Waals surface area (Å²) < 4.78 is 14.4. The van der Waals surface area contributed by atoms with Gasteiger partial charge in [0, 0.05) is 12.4 Å². The predicted octanol–water partition coefficient (Wildman–Crippen LogP) is 1.24. The molecule has 5 nitrogen and oxygen atoms in total. The van der Waals surface area contributed by atoms with Crippen LogP contribution in [0.3, 0.4) is 0 Å². The number of nitrogens with zero attached hydrogens (tertiary/aromatic N) is 2. The molecule has 0 fully saturated rings. The minimum atomic E-state index is -0.450. The number of nitrogens with one attached hydrogen (secondary N) is 1. The zero-order chi connectivity index (χ0) is 12.3. The van der Waals surface area contributed by atoms with Crippen molar-refractivity contribution in [2.45, 2.75) is 6.54 Å². The summed E-state index contributed by atoms with van der Waals surface area (Å²) in [4.78, 5) is 11.6. The topological polar surface area (TPSA) is 72.9 Å². The summed E-state index contributed by atoms with van der Waals surface area (Å²) in [5.41, 5.74) is 6.19. The summed E-state index contributed by atoms with van der Waals surface area (Å²) in [5.74, 6) is -0.764. The molecule has 0 unspecified atom stereocenters. The van der Waals surface area contributed by atoms with Gasteiger partial charge in [-0.25, -0.2) is 4.39 Å². The highest BCUT2D eigenvalue weighted by molar-refractivity contribution is 5.93. The monoisotopic (exact) mass is 234 g/mol. The third-order valence-electron chi connectivity index (χ3n) is 2.15. The lowest BCUT2D eigenvalue weighted by atomic mass is 10.2. The molecule has 0 saturated heterocycles. The molecule has 0 aliphatic heterocycles. The Balaban J connectivity index is 2.05. The Labute approximate surface area is 97.0 Å². The average molecular weight is 234 g/mol. The van der Waals surface area contributed by atoms with Gasteiger partial charge in [-0.1, -0.05) is 0 Å². The Morgan fingerprint density at radius 1 is 1.53 bits per heavy atom. The number of aromatic nitrogens is 2. The van der Waals surface area contributed by atoms with E-state index in [0.29, 0.717) is 5.69 Å². The quantitative estimate of drug-likeness (QED) is 0.785. The van der Waals surface area contributed by atoms with Crippen molar-refractivity contribution >= 4 is 17.3 Å². The third-order valence-corrected chi connectivity index (χ3v) is 2.15. The van der Waals surface area contributed by atoms with E-state index in [0.717, 1.165) is 0 Å². The van der Waals surface area contributed by atoms with E-state index >= 15 is 0 Å². The molecule has 6 heteroatoms. The van der Waals surface area contributed by atoms with E-state index in [4.69, 9.17) is 5.73 Å². The first-order valence-corrected chi connectivity index (χ1v) is 4.97. The summed E-state index contributed by atoms with van der Waals surface area (Å²) in [6, 6.07) is 5.53. The van der Waals surface area contributed by atoms with Crippen LogP contribution in [0, 0.1) is 5.82 Å². The first kappa shape index (κ1) is 11.1. The molecule has 1 amide bonds. The maximum absolute atomic E-state index is 13.0. The van der Waals surface area contributed by atoms with Crippen LogP contribution in [0.4, 0.5) is 15.8 Å². The van der Waals surface area contributed by atoms with Crippen LogP contribution in [0.5, 0.6) is 0 Å². The number of rotatable bonds is 3. The lowest BCUT2D eigenvalue weighted by Crippen LogP contribution is -2.19. The van der Waals surface area contributed by atoms with Crippen molar-refractivity contribution in [3.05, 3.63) is 42.5 Å². The average Bonchev–Trinajstić information content (AvgIpc) is 2.76. The van der Waals surface area contributed by atoms with Gasteiger partial charge in [-0.05, 0) is 24.3 Å². The number of amides is 1. The first-order chi connectivity index (χ1) is 8.15. The van der Waals surface area contributed by atoms with Gasteiger partial charge in [-0.3, -0.25) is 9.48 Å². The highest BCUT2D eigenvalue weighted by Crippen LogP contribution is 2.18. The molecule has 2 rings (SSSR count). The van der Waals surface area contributed by atoms with E-state index in [9.17, 15) is 9.18 Å². The SMILES string of the molecule is Nc1ccc(F)cc1NC(=O)Cn1cccn1. The molecule has 3 N–H and O–H groups in total. The highest BCUT2D eigenvalue weighted by Gasteiger charge is 2.07. The fraction of sp³-hybridized carbons (Fsp3) is 0.0909. The van der Waals surface area contributed by atoms with Gasteiger partial charge in [0.05, 0.1) is 11.4 Å². The van der Waals surface area contributed by atoms with Gasteiger partial charge in [0.2, 0.25) is 5.91 Å². The van der Waals surface area contributed by atoms with Gasteiger partial charge >= 0.3 is 0 Å². The number of nitrogens with two attached hydrogens (primary N) is 1. The minimum absolute atomic E-state index is 0.0585. The second-order valence-electron chi connectivity index (χ2n) is 3.48. The van der Waals surface area contributed by atoms with Crippen LogP contribution >= 0.6 is 0 Å². The second kappa shape index (κ2) is 4.65. The van der Waals surface area contributed by atoms with Gasteiger partial charge in [0.15, 0.2) is 0 Å². The largest absolute Gasteiger partial charge is 0.397 e. The van der Waals surface area contributed by atoms with Crippen molar-refractivity contribution in [2.75, 3.05) is 11.1 Å².